The Kier molecular flexibility index (Phi) is 9.79. The second kappa shape index (κ2) is 17.2. The Bertz CT molecular complexity index is 4950. The summed E-state index contributed by atoms with van der Waals surface area (Å²) in [6.45, 7) is 2.30. The van der Waals surface area contributed by atoms with Crippen LogP contribution in [0.25, 0.3) is 124 Å². The largest absolute Gasteiger partial charge is 0.309 e. The first-order chi connectivity index (χ1) is 38.1. The number of aliphatic imine (C=N–C) groups is 1. The second-order valence-electron chi connectivity index (χ2n) is 20.6. The molecule has 12 aromatic carbocycles. The van der Waals surface area contributed by atoms with E-state index in [1.807, 2.05) is 11.3 Å². The van der Waals surface area contributed by atoms with Gasteiger partial charge in [-0.15, -0.1) is 11.3 Å². The first kappa shape index (κ1) is 43.8. The molecular formula is C73H47N3S. The van der Waals surface area contributed by atoms with E-state index in [0.29, 0.717) is 0 Å². The Morgan fingerprint density at radius 1 is 0.403 bits per heavy atom. The van der Waals surface area contributed by atoms with Gasteiger partial charge in [-0.1, -0.05) is 188 Å². The Morgan fingerprint density at radius 3 is 1.68 bits per heavy atom. The van der Waals surface area contributed by atoms with Crippen LogP contribution in [0.4, 0.5) is 0 Å². The molecule has 0 unspecified atom stereocenters. The van der Waals surface area contributed by atoms with Gasteiger partial charge in [0.2, 0.25) is 0 Å². The monoisotopic (exact) mass is 997 g/mol. The van der Waals surface area contributed by atoms with Crippen molar-refractivity contribution >= 4 is 119 Å². The lowest BCUT2D eigenvalue weighted by atomic mass is 9.92. The van der Waals surface area contributed by atoms with Gasteiger partial charge in [0.15, 0.2) is 0 Å². The molecule has 1 aliphatic rings. The summed E-state index contributed by atoms with van der Waals surface area (Å²) in [5, 5.41) is 14.8. The average molecular weight is 998 g/mol. The number of allylic oxidation sites excluding steroid dienone is 3. The summed E-state index contributed by atoms with van der Waals surface area (Å²) in [5.41, 5.74) is 16.0. The molecule has 360 valence electrons. The molecule has 4 heteroatoms. The molecule has 3 nitrogen and oxygen atoms in total. The molecular weight excluding hydrogens is 951 g/mol. The normalized spacial score (nSPS) is 14.1. The van der Waals surface area contributed by atoms with E-state index in [2.05, 4.69) is 277 Å². The van der Waals surface area contributed by atoms with Crippen molar-refractivity contribution < 1.29 is 0 Å². The van der Waals surface area contributed by atoms with Crippen LogP contribution in [0.2, 0.25) is 0 Å². The van der Waals surface area contributed by atoms with Gasteiger partial charge in [0.1, 0.15) is 0 Å². The number of nitrogens with zero attached hydrogens (tertiary/aromatic N) is 3. The topological polar surface area (TPSA) is 22.2 Å². The molecule has 1 atom stereocenters. The summed E-state index contributed by atoms with van der Waals surface area (Å²) in [6.07, 6.45) is 4.71. The third-order valence-corrected chi connectivity index (χ3v) is 17.4. The molecule has 0 bridgehead atoms. The van der Waals surface area contributed by atoms with Crippen LogP contribution in [0.3, 0.4) is 0 Å². The number of hydrogen-bond acceptors (Lipinski definition) is 2. The van der Waals surface area contributed by atoms with Crippen molar-refractivity contribution in [3.63, 3.8) is 0 Å². The number of fused-ring (bicyclic) bond motifs is 12. The molecule has 15 aromatic rings. The quantitative estimate of drug-likeness (QED) is 0.158. The Morgan fingerprint density at radius 2 is 0.974 bits per heavy atom. The van der Waals surface area contributed by atoms with Gasteiger partial charge in [0, 0.05) is 48.3 Å². The molecule has 1 aliphatic heterocycles. The summed E-state index contributed by atoms with van der Waals surface area (Å²) < 4.78 is 7.56. The van der Waals surface area contributed by atoms with Gasteiger partial charge in [0.05, 0.1) is 44.2 Å². The van der Waals surface area contributed by atoms with Crippen molar-refractivity contribution in [2.24, 2.45) is 4.99 Å². The van der Waals surface area contributed by atoms with Crippen LogP contribution in [0, 0.1) is 0 Å². The van der Waals surface area contributed by atoms with Crippen LogP contribution in [-0.2, 0) is 0 Å². The zero-order chi connectivity index (χ0) is 50.7. The molecule has 0 spiro atoms. The first-order valence-electron chi connectivity index (χ1n) is 26.5. The van der Waals surface area contributed by atoms with E-state index in [1.165, 1.54) is 107 Å². The highest BCUT2D eigenvalue weighted by molar-refractivity contribution is 7.26. The predicted molar refractivity (Wildman–Crippen MR) is 330 cm³/mol. The SMILES string of the molecule is CC1=C(c2cc(-n3c4cc5ccccc5cc4c4cc5ccccc5cc43)c3sc4cc5ccccc5cc4c3c2)C=C[C@@H](c2cccc(-c3ccccc3)c2)N=C1c1cccc2c3ccccc3n(-c3ccccc3)c12. The van der Waals surface area contributed by atoms with Crippen molar-refractivity contribution in [3.05, 3.63) is 283 Å². The standard InChI is InChI=1S/C73H47N3S/c1-45-57(34-35-65(54-27-16-26-47(36-54)46-18-4-2-5-19-46)74-71(45)60-32-17-31-59-58-30-14-15-33-66(58)75(72(59)60)56-28-6-3-7-29-56)55-40-64-63-39-50-22-10-13-25-53(50)44-70(63)77-73(64)69(43-55)76-67-41-51-23-11-8-20-48(51)37-61(67)62-38-49-21-9-12-24-52(49)42-68(62)76/h2-44,65H,1H3/t65-/m0/s1. The highest BCUT2D eigenvalue weighted by Crippen LogP contribution is 2.47. The highest BCUT2D eigenvalue weighted by Gasteiger charge is 2.26. The number of thiophene rings is 1. The lowest BCUT2D eigenvalue weighted by Crippen LogP contribution is -2.09. The van der Waals surface area contributed by atoms with Crippen molar-refractivity contribution in [1.29, 1.82) is 0 Å². The minimum Gasteiger partial charge on any atom is -0.309 e. The molecule has 0 saturated carbocycles. The third-order valence-electron chi connectivity index (χ3n) is 16.2. The van der Waals surface area contributed by atoms with E-state index in [4.69, 9.17) is 4.99 Å². The minimum atomic E-state index is -0.277. The van der Waals surface area contributed by atoms with E-state index < -0.39 is 0 Å². The maximum absolute atomic E-state index is 5.97. The van der Waals surface area contributed by atoms with Gasteiger partial charge < -0.3 is 9.13 Å². The number of para-hydroxylation sites is 3. The van der Waals surface area contributed by atoms with E-state index in [1.54, 1.807) is 0 Å². The average Bonchev–Trinajstić information content (AvgIpc) is 4.19. The van der Waals surface area contributed by atoms with Crippen LogP contribution in [0.15, 0.2) is 271 Å². The molecule has 0 amide bonds. The van der Waals surface area contributed by atoms with Crippen LogP contribution >= 0.6 is 11.3 Å². The number of hydrogen-bond donors (Lipinski definition) is 0. The van der Waals surface area contributed by atoms with E-state index >= 15 is 0 Å². The predicted octanol–water partition coefficient (Wildman–Crippen LogP) is 19.9. The molecule has 0 saturated heterocycles. The first-order valence-corrected chi connectivity index (χ1v) is 27.4. The van der Waals surface area contributed by atoms with E-state index in [-0.39, 0.29) is 6.04 Å². The third kappa shape index (κ3) is 6.92. The molecule has 0 N–H and O–H groups in total. The van der Waals surface area contributed by atoms with Crippen LogP contribution in [0.1, 0.15) is 29.7 Å². The zero-order valence-corrected chi connectivity index (χ0v) is 43.0. The van der Waals surface area contributed by atoms with Crippen molar-refractivity contribution in [3.8, 4) is 22.5 Å². The fourth-order valence-corrected chi connectivity index (χ4v) is 13.8. The number of aromatic nitrogens is 2. The van der Waals surface area contributed by atoms with E-state index in [0.717, 1.165) is 44.8 Å². The molecule has 0 fully saturated rings. The van der Waals surface area contributed by atoms with Crippen LogP contribution in [0.5, 0.6) is 0 Å². The van der Waals surface area contributed by atoms with Gasteiger partial charge in [-0.05, 0) is 145 Å². The summed E-state index contributed by atoms with van der Waals surface area (Å²) in [4.78, 5) is 5.97. The summed E-state index contributed by atoms with van der Waals surface area (Å²) in [5.74, 6) is 0. The fourth-order valence-electron chi connectivity index (χ4n) is 12.6. The maximum Gasteiger partial charge on any atom is 0.0941 e. The van der Waals surface area contributed by atoms with Crippen LogP contribution in [-0.4, -0.2) is 14.8 Å². The highest BCUT2D eigenvalue weighted by atomic mass is 32.1. The number of rotatable bonds is 6. The molecule has 77 heavy (non-hydrogen) atoms. The summed E-state index contributed by atoms with van der Waals surface area (Å²) in [6, 6.07) is 91.6. The molecule has 3 aromatic heterocycles. The van der Waals surface area contributed by atoms with Crippen LogP contribution < -0.4 is 0 Å². The van der Waals surface area contributed by atoms with Crippen molar-refractivity contribution in [2.45, 2.75) is 13.0 Å². The molecule has 4 heterocycles. The summed E-state index contributed by atoms with van der Waals surface area (Å²) in [7, 11) is 0. The number of benzene rings is 12. The van der Waals surface area contributed by atoms with E-state index in [9.17, 15) is 0 Å². The fraction of sp³-hybridized carbons (Fsp3) is 0.0274. The Hall–Kier alpha value is -9.61. The maximum atomic E-state index is 5.97. The van der Waals surface area contributed by atoms with Gasteiger partial charge in [0.25, 0.3) is 0 Å². The van der Waals surface area contributed by atoms with Gasteiger partial charge in [-0.3, -0.25) is 4.99 Å². The Balaban J connectivity index is 1.01. The van der Waals surface area contributed by atoms with Gasteiger partial charge in [-0.2, -0.15) is 0 Å². The smallest absolute Gasteiger partial charge is 0.0941 e. The minimum absolute atomic E-state index is 0.277. The zero-order valence-electron chi connectivity index (χ0n) is 42.2. The lowest BCUT2D eigenvalue weighted by Gasteiger charge is -2.18. The molecule has 0 radical (unpaired) electrons. The lowest BCUT2D eigenvalue weighted by molar-refractivity contribution is 0.915. The molecule has 16 rings (SSSR count). The van der Waals surface area contributed by atoms with Gasteiger partial charge in [-0.25, -0.2) is 0 Å². The Labute approximate surface area is 448 Å². The van der Waals surface area contributed by atoms with Gasteiger partial charge >= 0.3 is 0 Å². The molecule has 0 aliphatic carbocycles. The second-order valence-corrected chi connectivity index (χ2v) is 21.7. The summed E-state index contributed by atoms with van der Waals surface area (Å²) >= 11 is 1.90. The van der Waals surface area contributed by atoms with Crippen molar-refractivity contribution in [2.75, 3.05) is 0 Å². The van der Waals surface area contributed by atoms with Crippen molar-refractivity contribution in [1.82, 2.24) is 9.13 Å².